The van der Waals surface area contributed by atoms with E-state index in [1.54, 1.807) is 4.90 Å². The van der Waals surface area contributed by atoms with Crippen molar-refractivity contribution in [2.24, 2.45) is 5.41 Å². The SMILES string of the molecule is CCCCN(C)C(=O)Cn1c(C(C)NC(=O)C(C)(C)C)nc2ccccc21. The van der Waals surface area contributed by atoms with Gasteiger partial charge in [0.2, 0.25) is 11.8 Å². The van der Waals surface area contributed by atoms with E-state index >= 15 is 0 Å². The van der Waals surface area contributed by atoms with Gasteiger partial charge < -0.3 is 14.8 Å². The Bertz CT molecular complexity index is 804. The molecule has 0 saturated heterocycles. The van der Waals surface area contributed by atoms with E-state index in [1.165, 1.54) is 0 Å². The zero-order valence-corrected chi connectivity index (χ0v) is 17.4. The molecule has 1 atom stereocenters. The number of unbranched alkanes of at least 4 members (excludes halogenated alkanes) is 1. The summed E-state index contributed by atoms with van der Waals surface area (Å²) in [7, 11) is 1.83. The summed E-state index contributed by atoms with van der Waals surface area (Å²) in [6.07, 6.45) is 2.03. The number of rotatable bonds is 7. The minimum atomic E-state index is -0.485. The van der Waals surface area contributed by atoms with Crippen LogP contribution in [0.4, 0.5) is 0 Å². The maximum Gasteiger partial charge on any atom is 0.242 e. The van der Waals surface area contributed by atoms with Crippen molar-refractivity contribution in [2.45, 2.75) is 60.0 Å². The molecule has 1 aromatic carbocycles. The molecular formula is C21H32N4O2. The topological polar surface area (TPSA) is 67.2 Å². The highest BCUT2D eigenvalue weighted by atomic mass is 16.2. The predicted molar refractivity (Wildman–Crippen MR) is 108 cm³/mol. The van der Waals surface area contributed by atoms with Crippen LogP contribution in [0.3, 0.4) is 0 Å². The Morgan fingerprint density at radius 3 is 2.56 bits per heavy atom. The Labute approximate surface area is 161 Å². The first-order valence-corrected chi connectivity index (χ1v) is 9.65. The lowest BCUT2D eigenvalue weighted by Crippen LogP contribution is -2.38. The fourth-order valence-electron chi connectivity index (χ4n) is 2.84. The van der Waals surface area contributed by atoms with Crippen LogP contribution in [0.15, 0.2) is 24.3 Å². The molecule has 2 amide bonds. The van der Waals surface area contributed by atoms with Gasteiger partial charge in [-0.3, -0.25) is 9.59 Å². The lowest BCUT2D eigenvalue weighted by atomic mass is 9.95. The highest BCUT2D eigenvalue weighted by molar-refractivity contribution is 5.83. The third kappa shape index (κ3) is 5.08. The summed E-state index contributed by atoms with van der Waals surface area (Å²) in [5.74, 6) is 0.702. The van der Waals surface area contributed by atoms with Gasteiger partial charge >= 0.3 is 0 Å². The van der Waals surface area contributed by atoms with Crippen molar-refractivity contribution in [1.82, 2.24) is 19.8 Å². The summed E-state index contributed by atoms with van der Waals surface area (Å²) in [5, 5.41) is 3.03. The van der Waals surface area contributed by atoms with Gasteiger partial charge in [-0.05, 0) is 25.5 Å². The average Bonchev–Trinajstić information content (AvgIpc) is 2.97. The van der Waals surface area contributed by atoms with Gasteiger partial charge in [0.1, 0.15) is 12.4 Å². The van der Waals surface area contributed by atoms with E-state index in [0.717, 1.165) is 30.4 Å². The number of para-hydroxylation sites is 2. The normalized spacial score (nSPS) is 12.8. The number of nitrogens with one attached hydrogen (secondary N) is 1. The van der Waals surface area contributed by atoms with Crippen LogP contribution in [-0.2, 0) is 16.1 Å². The van der Waals surface area contributed by atoms with E-state index in [2.05, 4.69) is 12.2 Å². The third-order valence-electron chi connectivity index (χ3n) is 4.67. The second-order valence-electron chi connectivity index (χ2n) is 8.16. The van der Waals surface area contributed by atoms with Gasteiger partial charge in [0.15, 0.2) is 0 Å². The number of hydrogen-bond acceptors (Lipinski definition) is 3. The van der Waals surface area contributed by atoms with Crippen LogP contribution in [0.5, 0.6) is 0 Å². The summed E-state index contributed by atoms with van der Waals surface area (Å²) in [6, 6.07) is 7.46. The Morgan fingerprint density at radius 2 is 1.93 bits per heavy atom. The number of fused-ring (bicyclic) bond motifs is 1. The van der Waals surface area contributed by atoms with Crippen molar-refractivity contribution in [1.29, 1.82) is 0 Å². The molecule has 6 heteroatoms. The number of carbonyl (C=O) groups is 2. The summed E-state index contributed by atoms with van der Waals surface area (Å²) >= 11 is 0. The fraction of sp³-hybridized carbons (Fsp3) is 0.571. The standard InChI is InChI=1S/C21H32N4O2/c1-7-8-13-24(6)18(26)14-25-17-12-10-9-11-16(17)23-19(25)15(2)22-20(27)21(3,4)5/h9-12,15H,7-8,13-14H2,1-6H3,(H,22,27). The van der Waals surface area contributed by atoms with Gasteiger partial charge in [0.25, 0.3) is 0 Å². The molecule has 2 rings (SSSR count). The van der Waals surface area contributed by atoms with E-state index < -0.39 is 5.41 Å². The molecule has 0 bridgehead atoms. The van der Waals surface area contributed by atoms with Gasteiger partial charge in [-0.1, -0.05) is 46.2 Å². The monoisotopic (exact) mass is 372 g/mol. The van der Waals surface area contributed by atoms with Crippen molar-refractivity contribution in [3.63, 3.8) is 0 Å². The second kappa shape index (κ2) is 8.55. The van der Waals surface area contributed by atoms with Crippen molar-refractivity contribution < 1.29 is 9.59 Å². The van der Waals surface area contributed by atoms with Gasteiger partial charge in [-0.2, -0.15) is 0 Å². The van der Waals surface area contributed by atoms with E-state index in [4.69, 9.17) is 4.98 Å². The van der Waals surface area contributed by atoms with Crippen LogP contribution in [0.25, 0.3) is 11.0 Å². The maximum atomic E-state index is 12.7. The molecule has 1 N–H and O–H groups in total. The molecule has 0 aliphatic heterocycles. The fourth-order valence-corrected chi connectivity index (χ4v) is 2.84. The zero-order valence-electron chi connectivity index (χ0n) is 17.4. The van der Waals surface area contributed by atoms with Crippen LogP contribution in [0.1, 0.15) is 59.3 Å². The molecule has 6 nitrogen and oxygen atoms in total. The number of imidazole rings is 1. The number of hydrogen-bond donors (Lipinski definition) is 1. The first-order chi connectivity index (χ1) is 12.6. The Hall–Kier alpha value is -2.37. The van der Waals surface area contributed by atoms with Gasteiger partial charge in [0.05, 0.1) is 17.1 Å². The third-order valence-corrected chi connectivity index (χ3v) is 4.67. The molecule has 0 radical (unpaired) electrons. The van der Waals surface area contributed by atoms with Crippen LogP contribution in [0, 0.1) is 5.41 Å². The number of amides is 2. The first kappa shape index (κ1) is 20.9. The summed E-state index contributed by atoms with van der Waals surface area (Å²) in [6.45, 7) is 10.6. The molecule has 0 aliphatic carbocycles. The van der Waals surface area contributed by atoms with Crippen molar-refractivity contribution in [3.05, 3.63) is 30.1 Å². The van der Waals surface area contributed by atoms with Gasteiger partial charge in [0, 0.05) is 19.0 Å². The quantitative estimate of drug-likeness (QED) is 0.809. The molecule has 0 fully saturated rings. The number of likely N-dealkylation sites (N-methyl/N-ethyl adjacent to an activating group) is 1. The summed E-state index contributed by atoms with van der Waals surface area (Å²) in [5.41, 5.74) is 1.25. The van der Waals surface area contributed by atoms with Crippen LogP contribution in [-0.4, -0.2) is 39.9 Å². The summed E-state index contributed by atoms with van der Waals surface area (Å²) < 4.78 is 1.92. The van der Waals surface area contributed by atoms with Crippen molar-refractivity contribution >= 4 is 22.8 Å². The molecular weight excluding hydrogens is 340 g/mol. The van der Waals surface area contributed by atoms with Crippen LogP contribution in [0.2, 0.25) is 0 Å². The minimum Gasteiger partial charge on any atom is -0.346 e. The van der Waals surface area contributed by atoms with Crippen LogP contribution >= 0.6 is 0 Å². The molecule has 2 aromatic rings. The van der Waals surface area contributed by atoms with Gasteiger partial charge in [-0.15, -0.1) is 0 Å². The minimum absolute atomic E-state index is 0.0417. The first-order valence-electron chi connectivity index (χ1n) is 9.65. The van der Waals surface area contributed by atoms with Gasteiger partial charge in [-0.25, -0.2) is 4.98 Å². The highest BCUT2D eigenvalue weighted by Crippen LogP contribution is 2.23. The molecule has 148 valence electrons. The number of nitrogens with zero attached hydrogens (tertiary/aromatic N) is 3. The molecule has 1 aromatic heterocycles. The Kier molecular flexibility index (Phi) is 6.63. The van der Waals surface area contributed by atoms with Crippen LogP contribution < -0.4 is 5.32 Å². The number of aromatic nitrogens is 2. The lowest BCUT2D eigenvalue weighted by Gasteiger charge is -2.23. The Balaban J connectivity index is 2.32. The average molecular weight is 373 g/mol. The molecule has 1 heterocycles. The highest BCUT2D eigenvalue weighted by Gasteiger charge is 2.26. The second-order valence-corrected chi connectivity index (χ2v) is 8.16. The lowest BCUT2D eigenvalue weighted by molar-refractivity contribution is -0.130. The maximum absolute atomic E-state index is 12.7. The zero-order chi connectivity index (χ0) is 20.2. The number of benzene rings is 1. The molecule has 0 aliphatic rings. The van der Waals surface area contributed by atoms with E-state index in [0.29, 0.717) is 5.82 Å². The molecule has 0 saturated carbocycles. The van der Waals surface area contributed by atoms with Crippen molar-refractivity contribution in [3.8, 4) is 0 Å². The van der Waals surface area contributed by atoms with E-state index in [-0.39, 0.29) is 24.4 Å². The smallest absolute Gasteiger partial charge is 0.242 e. The largest absolute Gasteiger partial charge is 0.346 e. The number of carbonyl (C=O) groups excluding carboxylic acids is 2. The Morgan fingerprint density at radius 1 is 1.26 bits per heavy atom. The van der Waals surface area contributed by atoms with E-state index in [1.807, 2.05) is 63.6 Å². The summed E-state index contributed by atoms with van der Waals surface area (Å²) in [4.78, 5) is 31.6. The molecule has 0 spiro atoms. The molecule has 1 unspecified atom stereocenters. The van der Waals surface area contributed by atoms with Crippen molar-refractivity contribution in [2.75, 3.05) is 13.6 Å². The van der Waals surface area contributed by atoms with E-state index in [9.17, 15) is 9.59 Å². The molecule has 27 heavy (non-hydrogen) atoms. The predicted octanol–water partition coefficient (Wildman–Crippen LogP) is 3.52.